The second-order valence-corrected chi connectivity index (χ2v) is 1.68. The van der Waals surface area contributed by atoms with Gasteiger partial charge in [-0.15, -0.1) is 0 Å². The van der Waals surface area contributed by atoms with Crippen LogP contribution in [0.25, 0.3) is 0 Å². The Kier molecular flexibility index (Phi) is 6.58. The molecule has 0 bridgehead atoms. The van der Waals surface area contributed by atoms with Crippen LogP contribution in [0.15, 0.2) is 24.5 Å². The van der Waals surface area contributed by atoms with Crippen LogP contribution in [-0.2, 0) is 0 Å². The number of nitrogens with zero attached hydrogens (tertiary/aromatic N) is 1. The quantitative estimate of drug-likeness (QED) is 0.352. The molecule has 0 aromatic carbocycles. The number of rotatable bonds is 1. The number of hydrogen-bond donors (Lipinski definition) is 2. The fraction of sp³-hybridized carbons (Fsp3) is 0.143. The molecular formula is C7H9IN2O2. The molecule has 1 heterocycles. The average molecular weight is 280 g/mol. The summed E-state index contributed by atoms with van der Waals surface area (Å²) in [6, 6.07) is 3.01. The fourth-order valence-electron chi connectivity index (χ4n) is 0.568. The molecule has 0 aliphatic rings. The first kappa shape index (κ1) is 11.3. The molecule has 5 heteroatoms. The Morgan fingerprint density at radius 3 is 2.42 bits per heavy atom. The van der Waals surface area contributed by atoms with Crippen molar-refractivity contribution in [1.82, 2.24) is 10.5 Å². The highest BCUT2D eigenvalue weighted by Crippen LogP contribution is 1.93. The van der Waals surface area contributed by atoms with E-state index in [1.165, 1.54) is 30.0 Å². The molecule has 0 fully saturated rings. The number of carbonyl (C=O) groups excluding carboxylic acids is 1. The van der Waals surface area contributed by atoms with Crippen LogP contribution < -0.4 is 5.48 Å². The molecule has 1 aromatic heterocycles. The minimum Gasteiger partial charge on any atom is -0.288 e. The van der Waals surface area contributed by atoms with Crippen LogP contribution in [-0.4, -0.2) is 21.0 Å². The zero-order valence-electron chi connectivity index (χ0n) is 6.49. The van der Waals surface area contributed by atoms with E-state index in [4.69, 9.17) is 5.21 Å². The van der Waals surface area contributed by atoms with Crippen molar-refractivity contribution in [2.45, 2.75) is 0 Å². The van der Waals surface area contributed by atoms with Crippen molar-refractivity contribution in [2.75, 3.05) is 4.93 Å². The highest BCUT2D eigenvalue weighted by molar-refractivity contribution is 14.1. The van der Waals surface area contributed by atoms with E-state index in [2.05, 4.69) is 27.6 Å². The number of amides is 1. The summed E-state index contributed by atoms with van der Waals surface area (Å²) in [5, 5.41) is 8.17. The Hall–Kier alpha value is -0.690. The van der Waals surface area contributed by atoms with E-state index in [9.17, 15) is 4.79 Å². The first-order chi connectivity index (χ1) is 5.84. The van der Waals surface area contributed by atoms with Gasteiger partial charge in [-0.2, -0.15) is 0 Å². The van der Waals surface area contributed by atoms with Crippen molar-refractivity contribution in [1.29, 1.82) is 0 Å². The van der Waals surface area contributed by atoms with E-state index in [1.54, 1.807) is 0 Å². The summed E-state index contributed by atoms with van der Waals surface area (Å²) in [5.41, 5.74) is 1.90. The third kappa shape index (κ3) is 3.63. The SMILES string of the molecule is CI.O=C(NO)c1ccncc1. The third-order valence-electron chi connectivity index (χ3n) is 1.04. The molecule has 0 spiro atoms. The molecule has 0 radical (unpaired) electrons. The number of nitrogens with one attached hydrogen (secondary N) is 1. The van der Waals surface area contributed by atoms with Crippen molar-refractivity contribution < 1.29 is 10.0 Å². The number of carbonyl (C=O) groups is 1. The largest absolute Gasteiger partial charge is 0.288 e. The standard InChI is InChI=1S/C6H6N2O2.CH3I/c9-6(8-10)5-1-3-7-4-2-5;1-2/h1-4,10H,(H,8,9);1H3. The van der Waals surface area contributed by atoms with Crippen LogP contribution in [0.1, 0.15) is 10.4 Å². The molecule has 0 saturated carbocycles. The second kappa shape index (κ2) is 6.99. The van der Waals surface area contributed by atoms with Crippen molar-refractivity contribution in [3.05, 3.63) is 30.1 Å². The van der Waals surface area contributed by atoms with Gasteiger partial charge in [0.1, 0.15) is 0 Å². The van der Waals surface area contributed by atoms with E-state index in [0.29, 0.717) is 5.56 Å². The van der Waals surface area contributed by atoms with E-state index < -0.39 is 5.91 Å². The van der Waals surface area contributed by atoms with Gasteiger partial charge < -0.3 is 0 Å². The van der Waals surface area contributed by atoms with Gasteiger partial charge in [-0.25, -0.2) is 5.48 Å². The maximum Gasteiger partial charge on any atom is 0.274 e. The lowest BCUT2D eigenvalue weighted by atomic mass is 10.3. The molecule has 0 atom stereocenters. The minimum atomic E-state index is -0.526. The van der Waals surface area contributed by atoms with Crippen molar-refractivity contribution >= 4 is 28.5 Å². The molecule has 0 aliphatic heterocycles. The smallest absolute Gasteiger partial charge is 0.274 e. The van der Waals surface area contributed by atoms with Crippen molar-refractivity contribution in [3.8, 4) is 0 Å². The number of hydroxylamine groups is 1. The van der Waals surface area contributed by atoms with E-state index >= 15 is 0 Å². The summed E-state index contributed by atoms with van der Waals surface area (Å²) in [4.78, 5) is 16.3. The normalized spacial score (nSPS) is 7.92. The number of aromatic nitrogens is 1. The van der Waals surface area contributed by atoms with Gasteiger partial charge in [0.25, 0.3) is 5.91 Å². The highest BCUT2D eigenvalue weighted by atomic mass is 127. The Morgan fingerprint density at radius 2 is 2.00 bits per heavy atom. The molecule has 66 valence electrons. The van der Waals surface area contributed by atoms with Gasteiger partial charge in [0, 0.05) is 18.0 Å². The lowest BCUT2D eigenvalue weighted by Crippen LogP contribution is -2.18. The molecule has 1 amide bonds. The van der Waals surface area contributed by atoms with Gasteiger partial charge in [-0.1, -0.05) is 22.6 Å². The Labute approximate surface area is 84.1 Å². The molecule has 12 heavy (non-hydrogen) atoms. The molecular weight excluding hydrogens is 271 g/mol. The topological polar surface area (TPSA) is 62.2 Å². The van der Waals surface area contributed by atoms with E-state index in [-0.39, 0.29) is 0 Å². The molecule has 0 aliphatic carbocycles. The Balaban J connectivity index is 0.000000561. The lowest BCUT2D eigenvalue weighted by molar-refractivity contribution is 0.0706. The van der Waals surface area contributed by atoms with Gasteiger partial charge in [0.15, 0.2) is 0 Å². The van der Waals surface area contributed by atoms with Gasteiger partial charge in [0.2, 0.25) is 0 Å². The molecule has 2 N–H and O–H groups in total. The average Bonchev–Trinajstić information content (AvgIpc) is 2.21. The van der Waals surface area contributed by atoms with E-state index in [1.807, 2.05) is 4.93 Å². The molecule has 1 aromatic rings. The van der Waals surface area contributed by atoms with Gasteiger partial charge in [0.05, 0.1) is 0 Å². The van der Waals surface area contributed by atoms with Crippen LogP contribution >= 0.6 is 22.6 Å². The van der Waals surface area contributed by atoms with Crippen LogP contribution in [0.5, 0.6) is 0 Å². The summed E-state index contributed by atoms with van der Waals surface area (Å²) in [6.07, 6.45) is 2.95. The van der Waals surface area contributed by atoms with Crippen molar-refractivity contribution in [2.24, 2.45) is 0 Å². The fourth-order valence-corrected chi connectivity index (χ4v) is 0.568. The zero-order valence-corrected chi connectivity index (χ0v) is 8.65. The number of pyridine rings is 1. The van der Waals surface area contributed by atoms with E-state index in [0.717, 1.165) is 0 Å². The Bertz CT molecular complexity index is 228. The highest BCUT2D eigenvalue weighted by Gasteiger charge is 1.99. The first-order valence-corrected chi connectivity index (χ1v) is 5.22. The maximum absolute atomic E-state index is 10.6. The minimum absolute atomic E-state index is 0.387. The molecule has 4 nitrogen and oxygen atoms in total. The monoisotopic (exact) mass is 280 g/mol. The Morgan fingerprint density at radius 1 is 1.50 bits per heavy atom. The van der Waals surface area contributed by atoms with Crippen LogP contribution in [0, 0.1) is 0 Å². The predicted molar refractivity (Wildman–Crippen MR) is 53.4 cm³/mol. The van der Waals surface area contributed by atoms with Crippen LogP contribution in [0.4, 0.5) is 0 Å². The molecule has 0 saturated heterocycles. The van der Waals surface area contributed by atoms with Crippen molar-refractivity contribution in [3.63, 3.8) is 0 Å². The van der Waals surface area contributed by atoms with Crippen LogP contribution in [0.2, 0.25) is 0 Å². The van der Waals surface area contributed by atoms with Crippen LogP contribution in [0.3, 0.4) is 0 Å². The first-order valence-electron chi connectivity index (χ1n) is 3.07. The summed E-state index contributed by atoms with van der Waals surface area (Å²) >= 11 is 2.15. The van der Waals surface area contributed by atoms with Gasteiger partial charge in [-0.05, 0) is 17.1 Å². The molecule has 0 unspecified atom stereocenters. The summed E-state index contributed by atoms with van der Waals surface area (Å²) < 4.78 is 0. The summed E-state index contributed by atoms with van der Waals surface area (Å²) in [6.45, 7) is 0. The second-order valence-electron chi connectivity index (χ2n) is 1.68. The zero-order chi connectivity index (χ0) is 9.40. The van der Waals surface area contributed by atoms with Gasteiger partial charge in [-0.3, -0.25) is 15.0 Å². The summed E-state index contributed by atoms with van der Waals surface area (Å²) in [7, 11) is 0. The molecule has 1 rings (SSSR count). The predicted octanol–water partition coefficient (Wildman–Crippen LogP) is 1.25. The summed E-state index contributed by atoms with van der Waals surface area (Å²) in [5.74, 6) is -0.526. The lowest BCUT2D eigenvalue weighted by Gasteiger charge is -1.94. The third-order valence-corrected chi connectivity index (χ3v) is 1.04. The number of alkyl halides is 1. The number of hydrogen-bond acceptors (Lipinski definition) is 3. The van der Waals surface area contributed by atoms with Gasteiger partial charge >= 0.3 is 0 Å². The maximum atomic E-state index is 10.6. The number of halogens is 1.